The molecule has 2 aromatic rings. The van der Waals surface area contributed by atoms with Crippen LogP contribution in [0.1, 0.15) is 28.9 Å². The highest BCUT2D eigenvalue weighted by Gasteiger charge is 2.21. The van der Waals surface area contributed by atoms with E-state index in [0.717, 1.165) is 12.2 Å². The maximum absolute atomic E-state index is 12.1. The molecule has 0 aliphatic rings. The van der Waals surface area contributed by atoms with Gasteiger partial charge >= 0.3 is 0 Å². The van der Waals surface area contributed by atoms with Gasteiger partial charge in [-0.15, -0.1) is 5.10 Å². The van der Waals surface area contributed by atoms with Crippen molar-refractivity contribution in [1.29, 1.82) is 0 Å². The first-order valence-corrected chi connectivity index (χ1v) is 5.61. The summed E-state index contributed by atoms with van der Waals surface area (Å²) in [4.78, 5) is 12.1. The number of carbonyl (C=O) groups excluding carboxylic acids is 1. The lowest BCUT2D eigenvalue weighted by Gasteiger charge is -1.97. The highest BCUT2D eigenvalue weighted by molar-refractivity contribution is 9.10. The molecule has 0 fully saturated rings. The van der Waals surface area contributed by atoms with Gasteiger partial charge in [0.15, 0.2) is 10.4 Å². The molecule has 0 aliphatic carbocycles. The Morgan fingerprint density at radius 1 is 1.56 bits per heavy atom. The van der Waals surface area contributed by atoms with Gasteiger partial charge in [0.25, 0.3) is 0 Å². The molecule has 0 spiro atoms. The fourth-order valence-electron chi connectivity index (χ4n) is 1.38. The van der Waals surface area contributed by atoms with Gasteiger partial charge in [-0.2, -0.15) is 0 Å². The molecule has 2 aromatic heterocycles. The molecular formula is C10H10BrN3O2. The Balaban J connectivity index is 2.39. The number of hydrogen-bond acceptors (Lipinski definition) is 4. The normalized spacial score (nSPS) is 10.7. The zero-order valence-electron chi connectivity index (χ0n) is 8.90. The van der Waals surface area contributed by atoms with Gasteiger partial charge in [-0.05, 0) is 28.1 Å². The van der Waals surface area contributed by atoms with Crippen LogP contribution in [0.25, 0.3) is 0 Å². The van der Waals surface area contributed by atoms with Crippen molar-refractivity contribution in [3.05, 3.63) is 34.0 Å². The van der Waals surface area contributed by atoms with Gasteiger partial charge in [0.2, 0.25) is 5.78 Å². The summed E-state index contributed by atoms with van der Waals surface area (Å²) in [5.41, 5.74) is 0.386. The molecule has 2 rings (SSSR count). The molecule has 0 radical (unpaired) electrons. The van der Waals surface area contributed by atoms with Crippen LogP contribution in [0.15, 0.2) is 21.2 Å². The van der Waals surface area contributed by atoms with Crippen LogP contribution in [0, 0.1) is 0 Å². The molecule has 0 atom stereocenters. The fourth-order valence-corrected chi connectivity index (χ4v) is 1.89. The highest BCUT2D eigenvalue weighted by Crippen LogP contribution is 2.18. The fraction of sp³-hybridized carbons (Fsp3) is 0.300. The Kier molecular flexibility index (Phi) is 2.91. The van der Waals surface area contributed by atoms with Gasteiger partial charge in [0.1, 0.15) is 11.5 Å². The van der Waals surface area contributed by atoms with E-state index >= 15 is 0 Å². The maximum atomic E-state index is 12.1. The lowest BCUT2D eigenvalue weighted by atomic mass is 10.2. The Labute approximate surface area is 101 Å². The first-order chi connectivity index (χ1) is 7.63. The monoisotopic (exact) mass is 283 g/mol. The number of carbonyl (C=O) groups is 1. The molecule has 0 N–H and O–H groups in total. The molecule has 0 saturated heterocycles. The molecule has 0 aromatic carbocycles. The van der Waals surface area contributed by atoms with Gasteiger partial charge in [0, 0.05) is 13.5 Å². The zero-order valence-corrected chi connectivity index (χ0v) is 10.5. The van der Waals surface area contributed by atoms with E-state index in [1.165, 1.54) is 4.68 Å². The largest absolute Gasteiger partial charge is 0.458 e. The zero-order chi connectivity index (χ0) is 11.7. The minimum Gasteiger partial charge on any atom is -0.458 e. The van der Waals surface area contributed by atoms with Crippen molar-refractivity contribution in [2.45, 2.75) is 13.3 Å². The van der Waals surface area contributed by atoms with E-state index in [1.807, 2.05) is 6.92 Å². The molecule has 0 bridgehead atoms. The van der Waals surface area contributed by atoms with Crippen LogP contribution in [0.2, 0.25) is 0 Å². The molecule has 2 heterocycles. The molecule has 0 saturated carbocycles. The quantitative estimate of drug-likeness (QED) is 0.808. The van der Waals surface area contributed by atoms with E-state index in [2.05, 4.69) is 26.2 Å². The summed E-state index contributed by atoms with van der Waals surface area (Å²) in [5.74, 6) is 0.872. The summed E-state index contributed by atoms with van der Waals surface area (Å²) in [5, 5.41) is 7.50. The topological polar surface area (TPSA) is 60.9 Å². The molecule has 5 nitrogen and oxygen atoms in total. The molecule has 0 unspecified atom stereocenters. The van der Waals surface area contributed by atoms with Crippen LogP contribution in [-0.4, -0.2) is 20.8 Å². The Bertz CT molecular complexity index is 510. The van der Waals surface area contributed by atoms with Crippen LogP contribution >= 0.6 is 15.9 Å². The number of rotatable bonds is 3. The number of furan rings is 1. The molecule has 6 heteroatoms. The second-order valence-corrected chi connectivity index (χ2v) is 4.05. The number of nitrogens with zero attached hydrogens (tertiary/aromatic N) is 3. The number of aromatic nitrogens is 3. The van der Waals surface area contributed by atoms with E-state index in [0.29, 0.717) is 16.1 Å². The third-order valence-electron chi connectivity index (χ3n) is 2.23. The van der Waals surface area contributed by atoms with Crippen molar-refractivity contribution in [2.75, 3.05) is 0 Å². The van der Waals surface area contributed by atoms with E-state index in [4.69, 9.17) is 4.42 Å². The highest BCUT2D eigenvalue weighted by atomic mass is 79.9. The Morgan fingerprint density at radius 3 is 2.81 bits per heavy atom. The lowest BCUT2D eigenvalue weighted by molar-refractivity contribution is 0.0998. The third-order valence-corrected chi connectivity index (χ3v) is 2.77. The molecule has 0 amide bonds. The van der Waals surface area contributed by atoms with Crippen molar-refractivity contribution >= 4 is 21.7 Å². The van der Waals surface area contributed by atoms with Crippen molar-refractivity contribution in [3.63, 3.8) is 0 Å². The smallest absolute Gasteiger partial charge is 0.248 e. The SMILES string of the molecule is CCc1ccc(C(=O)c2c(Br)nnn2C)o1. The summed E-state index contributed by atoms with van der Waals surface area (Å²) in [6, 6.07) is 3.46. The van der Waals surface area contributed by atoms with Crippen LogP contribution in [-0.2, 0) is 13.5 Å². The first-order valence-electron chi connectivity index (χ1n) is 4.82. The van der Waals surface area contributed by atoms with Gasteiger partial charge in [-0.1, -0.05) is 12.1 Å². The summed E-state index contributed by atoms with van der Waals surface area (Å²) in [6.07, 6.45) is 0.762. The van der Waals surface area contributed by atoms with E-state index in [-0.39, 0.29) is 5.78 Å². The molecule has 16 heavy (non-hydrogen) atoms. The van der Waals surface area contributed by atoms with Gasteiger partial charge in [0.05, 0.1) is 0 Å². The van der Waals surface area contributed by atoms with Crippen molar-refractivity contribution < 1.29 is 9.21 Å². The van der Waals surface area contributed by atoms with Gasteiger partial charge in [-0.25, -0.2) is 4.68 Å². The minimum absolute atomic E-state index is 0.223. The predicted octanol–water partition coefficient (Wildman–Crippen LogP) is 1.96. The van der Waals surface area contributed by atoms with Gasteiger partial charge in [-0.3, -0.25) is 4.79 Å². The number of halogens is 1. The van der Waals surface area contributed by atoms with Gasteiger partial charge < -0.3 is 4.42 Å². The van der Waals surface area contributed by atoms with Crippen molar-refractivity contribution in [3.8, 4) is 0 Å². The standard InChI is InChI=1S/C10H10BrN3O2/c1-3-6-4-5-7(16-6)9(15)8-10(11)12-13-14(8)2/h4-5H,3H2,1-2H3. The van der Waals surface area contributed by atoms with Crippen molar-refractivity contribution in [1.82, 2.24) is 15.0 Å². The minimum atomic E-state index is -0.223. The number of aryl methyl sites for hydroxylation is 2. The molecule has 0 aliphatic heterocycles. The summed E-state index contributed by atoms with van der Waals surface area (Å²) >= 11 is 3.18. The predicted molar refractivity (Wildman–Crippen MR) is 60.2 cm³/mol. The van der Waals surface area contributed by atoms with E-state index < -0.39 is 0 Å². The van der Waals surface area contributed by atoms with Crippen LogP contribution in [0.5, 0.6) is 0 Å². The summed E-state index contributed by atoms with van der Waals surface area (Å²) in [6.45, 7) is 1.97. The number of hydrogen-bond donors (Lipinski definition) is 0. The second-order valence-electron chi connectivity index (χ2n) is 3.30. The maximum Gasteiger partial charge on any atom is 0.248 e. The summed E-state index contributed by atoms with van der Waals surface area (Å²) in [7, 11) is 1.66. The van der Waals surface area contributed by atoms with Crippen LogP contribution in [0.3, 0.4) is 0 Å². The van der Waals surface area contributed by atoms with Crippen molar-refractivity contribution in [2.24, 2.45) is 7.05 Å². The van der Waals surface area contributed by atoms with Crippen LogP contribution < -0.4 is 0 Å². The second kappa shape index (κ2) is 4.21. The average Bonchev–Trinajstić information content (AvgIpc) is 2.85. The third kappa shape index (κ3) is 1.80. The Morgan fingerprint density at radius 2 is 2.31 bits per heavy atom. The number of ketones is 1. The van der Waals surface area contributed by atoms with E-state index in [9.17, 15) is 4.79 Å². The first kappa shape index (κ1) is 11.1. The lowest BCUT2D eigenvalue weighted by Crippen LogP contribution is -2.08. The van der Waals surface area contributed by atoms with E-state index in [1.54, 1.807) is 19.2 Å². The average molecular weight is 284 g/mol. The molecular weight excluding hydrogens is 274 g/mol. The Hall–Kier alpha value is -1.43. The molecule has 84 valence electrons. The summed E-state index contributed by atoms with van der Waals surface area (Å²) < 4.78 is 7.23. The van der Waals surface area contributed by atoms with Crippen LogP contribution in [0.4, 0.5) is 0 Å².